The molecule has 1 heterocycles. The molecule has 3 rings (SSSR count). The maximum atomic E-state index is 6.06. The van der Waals surface area contributed by atoms with E-state index in [9.17, 15) is 0 Å². The molecule has 21 heavy (non-hydrogen) atoms. The Morgan fingerprint density at radius 2 is 2.14 bits per heavy atom. The van der Waals surface area contributed by atoms with Gasteiger partial charge < -0.3 is 9.72 Å². The molecule has 0 aliphatic carbocycles. The first-order chi connectivity index (χ1) is 10.1. The fourth-order valence-corrected chi connectivity index (χ4v) is 3.05. The average molecular weight is 384 g/mol. The Kier molecular flexibility index (Phi) is 4.06. The Hall–Kier alpha value is -1.30. The van der Waals surface area contributed by atoms with Crippen molar-refractivity contribution in [1.29, 1.82) is 0 Å². The lowest BCUT2D eigenvalue weighted by atomic mass is 10.2. The van der Waals surface area contributed by atoms with E-state index in [2.05, 4.69) is 20.9 Å². The normalized spacial score (nSPS) is 11.0. The van der Waals surface area contributed by atoms with Crippen molar-refractivity contribution in [3.05, 3.63) is 50.7 Å². The van der Waals surface area contributed by atoms with Gasteiger partial charge in [-0.05, 0) is 65.4 Å². The van der Waals surface area contributed by atoms with Gasteiger partial charge in [0.25, 0.3) is 0 Å². The third-order valence-electron chi connectivity index (χ3n) is 3.14. The predicted molar refractivity (Wildman–Crippen MR) is 92.3 cm³/mol. The third-order valence-corrected chi connectivity index (χ3v) is 4.64. The first-order valence-corrected chi connectivity index (χ1v) is 8.01. The SMILES string of the molecule is CCOc1cccc2c1[nH]c(=S)n2-c1ccc(Cl)c(Br)c1. The van der Waals surface area contributed by atoms with Crippen LogP contribution in [0.1, 0.15) is 6.92 Å². The number of H-pyrrole nitrogens is 1. The van der Waals surface area contributed by atoms with Gasteiger partial charge in [-0.15, -0.1) is 0 Å². The summed E-state index contributed by atoms with van der Waals surface area (Å²) >= 11 is 15.0. The van der Waals surface area contributed by atoms with Crippen LogP contribution in [0.4, 0.5) is 0 Å². The maximum absolute atomic E-state index is 6.06. The second-order valence-electron chi connectivity index (χ2n) is 4.45. The van der Waals surface area contributed by atoms with Crippen LogP contribution in [0.15, 0.2) is 40.9 Å². The molecule has 0 aliphatic rings. The molecule has 0 aliphatic heterocycles. The van der Waals surface area contributed by atoms with E-state index in [1.807, 2.05) is 47.9 Å². The number of hydrogen-bond donors (Lipinski definition) is 1. The lowest BCUT2D eigenvalue weighted by Crippen LogP contribution is -1.95. The summed E-state index contributed by atoms with van der Waals surface area (Å²) in [5, 5.41) is 0.667. The number of nitrogens with zero attached hydrogens (tertiary/aromatic N) is 1. The standard InChI is InChI=1S/C15H12BrClN2OS/c1-2-20-13-5-3-4-12-14(13)18-15(21)19(12)9-6-7-11(17)10(16)8-9/h3-8H,2H2,1H3,(H,18,21). The average Bonchev–Trinajstić information content (AvgIpc) is 2.80. The summed E-state index contributed by atoms with van der Waals surface area (Å²) in [4.78, 5) is 3.22. The number of benzene rings is 2. The summed E-state index contributed by atoms with van der Waals surface area (Å²) in [6, 6.07) is 11.6. The molecule has 0 spiro atoms. The van der Waals surface area contributed by atoms with Gasteiger partial charge in [-0.2, -0.15) is 0 Å². The number of aromatic amines is 1. The van der Waals surface area contributed by atoms with Crippen molar-refractivity contribution in [2.45, 2.75) is 6.92 Å². The van der Waals surface area contributed by atoms with E-state index in [1.54, 1.807) is 0 Å². The molecule has 2 aromatic carbocycles. The number of nitrogens with one attached hydrogen (secondary N) is 1. The van der Waals surface area contributed by atoms with Crippen LogP contribution in [0.2, 0.25) is 5.02 Å². The van der Waals surface area contributed by atoms with E-state index in [-0.39, 0.29) is 0 Å². The van der Waals surface area contributed by atoms with Gasteiger partial charge in [-0.1, -0.05) is 17.7 Å². The number of rotatable bonds is 3. The molecule has 0 unspecified atom stereocenters. The van der Waals surface area contributed by atoms with Gasteiger partial charge in [-0.25, -0.2) is 0 Å². The second-order valence-corrected chi connectivity index (χ2v) is 6.10. The topological polar surface area (TPSA) is 29.9 Å². The van der Waals surface area contributed by atoms with E-state index in [4.69, 9.17) is 28.6 Å². The molecule has 0 saturated heterocycles. The van der Waals surface area contributed by atoms with Crippen molar-refractivity contribution in [1.82, 2.24) is 9.55 Å². The van der Waals surface area contributed by atoms with Crippen LogP contribution in [0.25, 0.3) is 16.7 Å². The van der Waals surface area contributed by atoms with Gasteiger partial charge in [0, 0.05) is 10.2 Å². The van der Waals surface area contributed by atoms with E-state index < -0.39 is 0 Å². The number of imidazole rings is 1. The highest BCUT2D eigenvalue weighted by atomic mass is 79.9. The van der Waals surface area contributed by atoms with Gasteiger partial charge in [0.05, 0.1) is 17.1 Å². The highest BCUT2D eigenvalue weighted by molar-refractivity contribution is 9.10. The van der Waals surface area contributed by atoms with Crippen LogP contribution < -0.4 is 4.74 Å². The molecular formula is C15H12BrClN2OS. The molecule has 1 N–H and O–H groups in total. The molecular weight excluding hydrogens is 372 g/mol. The van der Waals surface area contributed by atoms with Crippen LogP contribution in [0, 0.1) is 4.77 Å². The number of aromatic nitrogens is 2. The Bertz CT molecular complexity index is 872. The molecule has 0 bridgehead atoms. The van der Waals surface area contributed by atoms with Crippen molar-refractivity contribution in [3.63, 3.8) is 0 Å². The summed E-state index contributed by atoms with van der Waals surface area (Å²) in [7, 11) is 0. The zero-order chi connectivity index (χ0) is 15.0. The summed E-state index contributed by atoms with van der Waals surface area (Å²) < 4.78 is 9.06. The molecule has 0 atom stereocenters. The quantitative estimate of drug-likeness (QED) is 0.605. The van der Waals surface area contributed by atoms with E-state index >= 15 is 0 Å². The van der Waals surface area contributed by atoms with Crippen molar-refractivity contribution < 1.29 is 4.74 Å². The minimum Gasteiger partial charge on any atom is -0.492 e. The molecule has 3 nitrogen and oxygen atoms in total. The third kappa shape index (κ3) is 2.61. The molecule has 0 fully saturated rings. The zero-order valence-corrected chi connectivity index (χ0v) is 14.3. The van der Waals surface area contributed by atoms with Crippen molar-refractivity contribution in [2.24, 2.45) is 0 Å². The molecule has 108 valence electrons. The summed E-state index contributed by atoms with van der Waals surface area (Å²) in [5.41, 5.74) is 2.81. The Labute approximate surface area is 140 Å². The number of halogens is 2. The minimum atomic E-state index is 0.609. The van der Waals surface area contributed by atoms with E-state index in [0.717, 1.165) is 26.9 Å². The second kappa shape index (κ2) is 5.83. The smallest absolute Gasteiger partial charge is 0.182 e. The van der Waals surface area contributed by atoms with Crippen LogP contribution in [-0.4, -0.2) is 16.2 Å². The maximum Gasteiger partial charge on any atom is 0.182 e. The molecule has 6 heteroatoms. The number of hydrogen-bond acceptors (Lipinski definition) is 2. The van der Waals surface area contributed by atoms with Crippen molar-refractivity contribution in [3.8, 4) is 11.4 Å². The first-order valence-electron chi connectivity index (χ1n) is 6.43. The largest absolute Gasteiger partial charge is 0.492 e. The highest BCUT2D eigenvalue weighted by Crippen LogP contribution is 2.30. The lowest BCUT2D eigenvalue weighted by Gasteiger charge is -2.07. The summed E-state index contributed by atoms with van der Waals surface area (Å²) in [5.74, 6) is 0.799. The fourth-order valence-electron chi connectivity index (χ4n) is 2.26. The molecule has 1 aromatic heterocycles. The van der Waals surface area contributed by atoms with Gasteiger partial charge in [-0.3, -0.25) is 4.57 Å². The number of fused-ring (bicyclic) bond motifs is 1. The first kappa shape index (κ1) is 14.6. The van der Waals surface area contributed by atoms with Gasteiger partial charge in [0.15, 0.2) is 4.77 Å². The molecule has 0 saturated carbocycles. The number of para-hydroxylation sites is 1. The molecule has 3 aromatic rings. The predicted octanol–water partition coefficient (Wildman–Crippen LogP) is 5.50. The summed E-state index contributed by atoms with van der Waals surface area (Å²) in [6.07, 6.45) is 0. The van der Waals surface area contributed by atoms with Crippen LogP contribution in [-0.2, 0) is 0 Å². The highest BCUT2D eigenvalue weighted by Gasteiger charge is 2.11. The van der Waals surface area contributed by atoms with Gasteiger partial charge in [0.1, 0.15) is 11.3 Å². The summed E-state index contributed by atoms with van der Waals surface area (Å²) in [6.45, 7) is 2.57. The van der Waals surface area contributed by atoms with Crippen molar-refractivity contribution in [2.75, 3.05) is 6.61 Å². The number of ether oxygens (including phenoxy) is 1. The molecule has 0 amide bonds. The molecule has 0 radical (unpaired) electrons. The minimum absolute atomic E-state index is 0.609. The zero-order valence-electron chi connectivity index (χ0n) is 11.2. The Morgan fingerprint density at radius 1 is 1.33 bits per heavy atom. The Morgan fingerprint density at radius 3 is 2.86 bits per heavy atom. The Balaban J connectivity index is 2.27. The van der Waals surface area contributed by atoms with Crippen molar-refractivity contribution >= 4 is 50.8 Å². The van der Waals surface area contributed by atoms with Crippen LogP contribution in [0.3, 0.4) is 0 Å². The fraction of sp³-hybridized carbons (Fsp3) is 0.133. The van der Waals surface area contributed by atoms with Gasteiger partial charge in [0.2, 0.25) is 0 Å². The lowest BCUT2D eigenvalue weighted by molar-refractivity contribution is 0.343. The van der Waals surface area contributed by atoms with Crippen LogP contribution in [0.5, 0.6) is 5.75 Å². The van der Waals surface area contributed by atoms with Gasteiger partial charge >= 0.3 is 0 Å². The van der Waals surface area contributed by atoms with Crippen LogP contribution >= 0.6 is 39.7 Å². The van der Waals surface area contributed by atoms with E-state index in [0.29, 0.717) is 16.4 Å². The van der Waals surface area contributed by atoms with E-state index in [1.165, 1.54) is 0 Å². The monoisotopic (exact) mass is 382 g/mol.